The number of alkyl halides is 1. The van der Waals surface area contributed by atoms with Crippen molar-refractivity contribution in [2.24, 2.45) is 0 Å². The molecule has 0 N–H and O–H groups in total. The Hall–Kier alpha value is -0.650. The molecule has 1 aromatic heterocycles. The highest BCUT2D eigenvalue weighted by molar-refractivity contribution is 9.08. The largest absolute Gasteiger partial charge is 0.493 e. The molecule has 0 saturated carbocycles. The summed E-state index contributed by atoms with van der Waals surface area (Å²) in [6, 6.07) is 5.56. The molecule has 2 aromatic rings. The molecule has 1 heterocycles. The molecule has 0 atom stereocenters. The average molecular weight is 362 g/mol. The van der Waals surface area contributed by atoms with Gasteiger partial charge in [-0.1, -0.05) is 40.9 Å². The molecular weight excluding hydrogens is 348 g/mol. The molecule has 6 heteroatoms. The van der Waals surface area contributed by atoms with E-state index >= 15 is 0 Å². The van der Waals surface area contributed by atoms with Crippen LogP contribution < -0.4 is 4.74 Å². The van der Waals surface area contributed by atoms with Crippen LogP contribution in [-0.4, -0.2) is 16.0 Å². The number of unbranched alkanes of at least 4 members (excludes halogenated alkanes) is 1. The molecule has 0 amide bonds. The number of aromatic nitrogens is 2. The first-order valence-electron chi connectivity index (χ1n) is 6.06. The maximum absolute atomic E-state index is 6.02. The summed E-state index contributed by atoms with van der Waals surface area (Å²) in [6.07, 6.45) is 2.11. The van der Waals surface area contributed by atoms with E-state index in [9.17, 15) is 0 Å². The van der Waals surface area contributed by atoms with E-state index < -0.39 is 0 Å². The van der Waals surface area contributed by atoms with Crippen molar-refractivity contribution in [3.63, 3.8) is 0 Å². The highest BCUT2D eigenvalue weighted by Gasteiger charge is 2.12. The van der Waals surface area contributed by atoms with E-state index in [-0.39, 0.29) is 0 Å². The molecule has 0 spiro atoms. The van der Waals surface area contributed by atoms with Gasteiger partial charge < -0.3 is 4.74 Å². The summed E-state index contributed by atoms with van der Waals surface area (Å²) in [4.78, 5) is 4.45. The quantitative estimate of drug-likeness (QED) is 0.540. The second-order valence-electron chi connectivity index (χ2n) is 3.99. The van der Waals surface area contributed by atoms with Crippen molar-refractivity contribution in [1.82, 2.24) is 9.36 Å². The molecule has 0 aliphatic rings. The third-order valence-electron chi connectivity index (χ3n) is 2.52. The molecule has 0 aliphatic heterocycles. The van der Waals surface area contributed by atoms with Crippen molar-refractivity contribution in [2.45, 2.75) is 25.1 Å². The van der Waals surface area contributed by atoms with Crippen LogP contribution in [0.25, 0.3) is 11.4 Å². The molecular formula is C13H14BrClN2OS. The molecule has 0 saturated heterocycles. The smallest absolute Gasteiger partial charge is 0.176 e. The Kier molecular flexibility index (Phi) is 5.60. The molecule has 2 rings (SSSR count). The molecule has 19 heavy (non-hydrogen) atoms. The number of hydrogen-bond donors (Lipinski definition) is 0. The predicted molar refractivity (Wildman–Crippen MR) is 83.4 cm³/mol. The van der Waals surface area contributed by atoms with E-state index in [4.69, 9.17) is 16.3 Å². The highest BCUT2D eigenvalue weighted by Crippen LogP contribution is 2.32. The van der Waals surface area contributed by atoms with Crippen molar-refractivity contribution in [1.29, 1.82) is 0 Å². The van der Waals surface area contributed by atoms with Crippen LogP contribution in [0.1, 0.15) is 24.8 Å². The van der Waals surface area contributed by atoms with Crippen LogP contribution in [0.5, 0.6) is 5.75 Å². The summed E-state index contributed by atoms with van der Waals surface area (Å²) < 4.78 is 10.1. The van der Waals surface area contributed by atoms with Crippen LogP contribution in [0.3, 0.4) is 0 Å². The van der Waals surface area contributed by atoms with Gasteiger partial charge in [0.05, 0.1) is 17.5 Å². The van der Waals surface area contributed by atoms with Crippen molar-refractivity contribution in [2.75, 3.05) is 6.61 Å². The fourth-order valence-corrected chi connectivity index (χ4v) is 2.65. The molecule has 3 nitrogen and oxygen atoms in total. The lowest BCUT2D eigenvalue weighted by Crippen LogP contribution is -1.98. The van der Waals surface area contributed by atoms with Gasteiger partial charge in [0, 0.05) is 5.02 Å². The van der Waals surface area contributed by atoms with Gasteiger partial charge in [-0.15, -0.1) is 0 Å². The Bertz CT molecular complexity index is 547. The third-order valence-corrected chi connectivity index (χ3v) is 4.37. The second-order valence-corrected chi connectivity index (χ2v) is 5.82. The van der Waals surface area contributed by atoms with E-state index in [1.165, 1.54) is 11.5 Å². The first kappa shape index (κ1) is 14.8. The topological polar surface area (TPSA) is 35.0 Å². The van der Waals surface area contributed by atoms with Gasteiger partial charge in [0.25, 0.3) is 0 Å². The maximum Gasteiger partial charge on any atom is 0.176 e. The summed E-state index contributed by atoms with van der Waals surface area (Å²) in [5, 5.41) is 2.32. The summed E-state index contributed by atoms with van der Waals surface area (Å²) >= 11 is 10.8. The minimum atomic E-state index is 0.659. The first-order valence-corrected chi connectivity index (χ1v) is 8.33. The Morgan fingerprint density at radius 2 is 2.26 bits per heavy atom. The van der Waals surface area contributed by atoms with Gasteiger partial charge in [-0.25, -0.2) is 4.98 Å². The van der Waals surface area contributed by atoms with Crippen LogP contribution in [0.15, 0.2) is 18.2 Å². The molecule has 0 fully saturated rings. The lowest BCUT2D eigenvalue weighted by molar-refractivity contribution is 0.310. The third kappa shape index (κ3) is 3.91. The van der Waals surface area contributed by atoms with Gasteiger partial charge in [0.2, 0.25) is 0 Å². The van der Waals surface area contributed by atoms with E-state index in [0.717, 1.165) is 29.2 Å². The van der Waals surface area contributed by atoms with Crippen LogP contribution in [0.4, 0.5) is 0 Å². The van der Waals surface area contributed by atoms with Crippen molar-refractivity contribution < 1.29 is 4.74 Å². The average Bonchev–Trinajstić information content (AvgIpc) is 2.88. The Morgan fingerprint density at radius 1 is 1.42 bits per heavy atom. The number of halogens is 2. The number of nitrogens with zero attached hydrogens (tertiary/aromatic N) is 2. The van der Waals surface area contributed by atoms with E-state index in [1.54, 1.807) is 0 Å². The molecule has 1 aromatic carbocycles. The Morgan fingerprint density at radius 3 is 2.95 bits per heavy atom. The van der Waals surface area contributed by atoms with Gasteiger partial charge in [0.15, 0.2) is 5.82 Å². The van der Waals surface area contributed by atoms with Crippen molar-refractivity contribution >= 4 is 39.1 Å². The van der Waals surface area contributed by atoms with Crippen molar-refractivity contribution in [3.8, 4) is 17.1 Å². The molecule has 102 valence electrons. The van der Waals surface area contributed by atoms with E-state index in [0.29, 0.717) is 22.8 Å². The molecule has 0 unspecified atom stereocenters. The SMILES string of the molecule is CCCCOc1cc(Cl)ccc1-c1nsc(CBr)n1. The fourth-order valence-electron chi connectivity index (χ4n) is 1.55. The van der Waals surface area contributed by atoms with Gasteiger partial charge in [-0.2, -0.15) is 4.37 Å². The summed E-state index contributed by atoms with van der Waals surface area (Å²) in [7, 11) is 0. The lowest BCUT2D eigenvalue weighted by Gasteiger charge is -2.09. The van der Waals surface area contributed by atoms with Gasteiger partial charge in [-0.05, 0) is 36.2 Å². The van der Waals surface area contributed by atoms with Gasteiger partial charge >= 0.3 is 0 Å². The number of ether oxygens (including phenoxy) is 1. The molecule has 0 aliphatic carbocycles. The molecule has 0 bridgehead atoms. The second kappa shape index (κ2) is 7.22. The lowest BCUT2D eigenvalue weighted by atomic mass is 10.2. The van der Waals surface area contributed by atoms with Gasteiger partial charge in [-0.3, -0.25) is 0 Å². The zero-order valence-electron chi connectivity index (χ0n) is 10.5. The summed E-state index contributed by atoms with van der Waals surface area (Å²) in [5.74, 6) is 1.45. The number of rotatable bonds is 6. The van der Waals surface area contributed by atoms with Gasteiger partial charge in [0.1, 0.15) is 10.8 Å². The minimum absolute atomic E-state index is 0.659. The zero-order valence-corrected chi connectivity index (χ0v) is 13.7. The standard InChI is InChI=1S/C13H14BrClN2OS/c1-2-3-6-18-11-7-9(15)4-5-10(11)13-16-12(8-14)19-17-13/h4-5,7H,2-3,6,8H2,1H3. The van der Waals surface area contributed by atoms with Crippen LogP contribution in [-0.2, 0) is 5.33 Å². The van der Waals surface area contributed by atoms with E-state index in [1.807, 2.05) is 18.2 Å². The minimum Gasteiger partial charge on any atom is -0.493 e. The molecule has 0 radical (unpaired) electrons. The number of benzene rings is 1. The summed E-state index contributed by atoms with van der Waals surface area (Å²) in [5.41, 5.74) is 0.893. The van der Waals surface area contributed by atoms with Crippen molar-refractivity contribution in [3.05, 3.63) is 28.2 Å². The van der Waals surface area contributed by atoms with Crippen LogP contribution >= 0.6 is 39.1 Å². The summed E-state index contributed by atoms with van der Waals surface area (Å²) in [6.45, 7) is 2.81. The van der Waals surface area contributed by atoms with Crippen LogP contribution in [0, 0.1) is 0 Å². The highest BCUT2D eigenvalue weighted by atomic mass is 79.9. The van der Waals surface area contributed by atoms with E-state index in [2.05, 4.69) is 32.2 Å². The number of hydrogen-bond acceptors (Lipinski definition) is 4. The Balaban J connectivity index is 2.27. The monoisotopic (exact) mass is 360 g/mol. The predicted octanol–water partition coefficient (Wildman–Crippen LogP) is 4.93. The normalized spacial score (nSPS) is 10.7. The first-order chi connectivity index (χ1) is 9.24. The maximum atomic E-state index is 6.02. The van der Waals surface area contributed by atoms with Crippen LogP contribution in [0.2, 0.25) is 5.02 Å². The zero-order chi connectivity index (χ0) is 13.7. The fraction of sp³-hybridized carbons (Fsp3) is 0.385. The Labute approximate surface area is 130 Å².